The average molecular weight is 316 g/mol. The van der Waals surface area contributed by atoms with Crippen LogP contribution in [0.4, 0.5) is 0 Å². The minimum Gasteiger partial charge on any atom is -0.416 e. The molecule has 0 amide bonds. The van der Waals surface area contributed by atoms with Crippen molar-refractivity contribution in [1.29, 1.82) is 0 Å². The standard InChI is InChI=1S/C21H33NO/c1-8-21(7)18-11-9-16(14(2)3)13-17(18)10-12-19(21)20(5,6)15(4)23-22/h9,11,13-14,19H,4,8,10,12,22H2,1-3,5-7H3. The summed E-state index contributed by atoms with van der Waals surface area (Å²) >= 11 is 0. The van der Waals surface area contributed by atoms with Crippen LogP contribution in [0.2, 0.25) is 0 Å². The summed E-state index contributed by atoms with van der Waals surface area (Å²) < 4.78 is 0. The Kier molecular flexibility index (Phi) is 4.96. The van der Waals surface area contributed by atoms with Crippen molar-refractivity contribution in [2.45, 2.75) is 72.1 Å². The molecule has 1 aromatic carbocycles. The number of hydrogen-bond donors (Lipinski definition) is 1. The van der Waals surface area contributed by atoms with E-state index in [1.807, 2.05) is 0 Å². The molecule has 0 spiro atoms. The van der Waals surface area contributed by atoms with Crippen molar-refractivity contribution in [3.63, 3.8) is 0 Å². The van der Waals surface area contributed by atoms with Crippen LogP contribution in [0, 0.1) is 11.3 Å². The number of rotatable bonds is 5. The van der Waals surface area contributed by atoms with Gasteiger partial charge in [0, 0.05) is 5.41 Å². The third kappa shape index (κ3) is 2.94. The number of fused-ring (bicyclic) bond motifs is 1. The van der Waals surface area contributed by atoms with Crippen LogP contribution in [0.15, 0.2) is 30.5 Å². The summed E-state index contributed by atoms with van der Waals surface area (Å²) in [6, 6.07) is 7.09. The van der Waals surface area contributed by atoms with Crippen LogP contribution in [0.3, 0.4) is 0 Å². The molecule has 128 valence electrons. The van der Waals surface area contributed by atoms with Gasteiger partial charge >= 0.3 is 0 Å². The Balaban J connectivity index is 2.51. The lowest BCUT2D eigenvalue weighted by atomic mass is 9.54. The van der Waals surface area contributed by atoms with Gasteiger partial charge in [-0.25, -0.2) is 0 Å². The highest BCUT2D eigenvalue weighted by atomic mass is 16.6. The normalized spacial score (nSPS) is 24.4. The smallest absolute Gasteiger partial charge is 0.122 e. The van der Waals surface area contributed by atoms with E-state index in [1.165, 1.54) is 16.7 Å². The zero-order valence-electron chi connectivity index (χ0n) is 15.7. The fraction of sp³-hybridized carbons (Fsp3) is 0.619. The molecule has 1 aromatic rings. The van der Waals surface area contributed by atoms with Crippen LogP contribution >= 0.6 is 0 Å². The average Bonchev–Trinajstić information content (AvgIpc) is 2.53. The lowest BCUT2D eigenvalue weighted by molar-refractivity contribution is 0.0538. The van der Waals surface area contributed by atoms with E-state index < -0.39 is 0 Å². The summed E-state index contributed by atoms with van der Waals surface area (Å²) in [5.74, 6) is 7.17. The van der Waals surface area contributed by atoms with Crippen molar-refractivity contribution in [2.75, 3.05) is 0 Å². The SMILES string of the molecule is C=C(ON)C(C)(C)C1CCc2cc(C(C)C)ccc2C1(C)CC. The largest absolute Gasteiger partial charge is 0.416 e. The van der Waals surface area contributed by atoms with E-state index in [0.29, 0.717) is 17.6 Å². The second kappa shape index (κ2) is 6.32. The lowest BCUT2D eigenvalue weighted by Crippen LogP contribution is -2.45. The highest BCUT2D eigenvalue weighted by Gasteiger charge is 2.48. The molecular formula is C21H33NO. The molecule has 0 saturated carbocycles. The van der Waals surface area contributed by atoms with Gasteiger partial charge in [-0.2, -0.15) is 5.90 Å². The van der Waals surface area contributed by atoms with E-state index >= 15 is 0 Å². The minimum absolute atomic E-state index is 0.119. The third-order valence-electron chi connectivity index (χ3n) is 6.35. The molecule has 1 aliphatic rings. The van der Waals surface area contributed by atoms with Gasteiger partial charge in [-0.15, -0.1) is 0 Å². The van der Waals surface area contributed by atoms with Crippen LogP contribution < -0.4 is 5.90 Å². The fourth-order valence-corrected chi connectivity index (χ4v) is 4.48. The number of allylic oxidation sites excluding steroid dienone is 1. The first-order chi connectivity index (χ1) is 10.7. The van der Waals surface area contributed by atoms with Crippen molar-refractivity contribution in [3.05, 3.63) is 47.2 Å². The number of benzene rings is 1. The summed E-state index contributed by atoms with van der Waals surface area (Å²) in [5, 5.41) is 0. The highest BCUT2D eigenvalue weighted by Crippen LogP contribution is 2.53. The van der Waals surface area contributed by atoms with E-state index in [2.05, 4.69) is 66.3 Å². The van der Waals surface area contributed by atoms with Crippen molar-refractivity contribution in [1.82, 2.24) is 0 Å². The molecule has 0 aliphatic heterocycles. The number of hydrogen-bond acceptors (Lipinski definition) is 2. The molecule has 0 saturated heterocycles. The summed E-state index contributed by atoms with van der Waals surface area (Å²) in [7, 11) is 0. The summed E-state index contributed by atoms with van der Waals surface area (Å²) in [5.41, 5.74) is 4.43. The van der Waals surface area contributed by atoms with E-state index in [-0.39, 0.29) is 10.8 Å². The van der Waals surface area contributed by atoms with Crippen molar-refractivity contribution >= 4 is 0 Å². The second-order valence-corrected chi connectivity index (χ2v) is 8.20. The Labute approximate surface area is 142 Å². The van der Waals surface area contributed by atoms with Crippen LogP contribution in [0.25, 0.3) is 0 Å². The molecule has 0 bridgehead atoms. The van der Waals surface area contributed by atoms with Crippen molar-refractivity contribution in [2.24, 2.45) is 17.2 Å². The van der Waals surface area contributed by atoms with E-state index in [0.717, 1.165) is 19.3 Å². The topological polar surface area (TPSA) is 35.2 Å². The first-order valence-corrected chi connectivity index (χ1v) is 8.87. The Morgan fingerprint density at radius 1 is 1.43 bits per heavy atom. The lowest BCUT2D eigenvalue weighted by Gasteiger charge is -2.50. The summed E-state index contributed by atoms with van der Waals surface area (Å²) in [6.07, 6.45) is 3.37. The van der Waals surface area contributed by atoms with Gasteiger partial charge in [0.15, 0.2) is 0 Å². The zero-order chi connectivity index (χ0) is 17.4. The molecule has 0 radical (unpaired) electrons. The monoisotopic (exact) mass is 315 g/mol. The van der Waals surface area contributed by atoms with Gasteiger partial charge < -0.3 is 4.84 Å². The first-order valence-electron chi connectivity index (χ1n) is 8.87. The quantitative estimate of drug-likeness (QED) is 0.577. The second-order valence-electron chi connectivity index (χ2n) is 8.20. The van der Waals surface area contributed by atoms with Crippen molar-refractivity contribution in [3.8, 4) is 0 Å². The Bertz CT molecular complexity index is 588. The van der Waals surface area contributed by atoms with E-state index in [4.69, 9.17) is 10.7 Å². The maximum atomic E-state index is 5.44. The van der Waals surface area contributed by atoms with Crippen LogP contribution in [0.5, 0.6) is 0 Å². The van der Waals surface area contributed by atoms with Gasteiger partial charge in [-0.3, -0.25) is 0 Å². The van der Waals surface area contributed by atoms with Crippen LogP contribution in [-0.4, -0.2) is 0 Å². The molecule has 1 aliphatic carbocycles. The molecule has 0 fully saturated rings. The predicted octanol–water partition coefficient (Wildman–Crippen LogP) is 5.47. The summed E-state index contributed by atoms with van der Waals surface area (Å²) in [6.45, 7) is 17.7. The van der Waals surface area contributed by atoms with Gasteiger partial charge in [0.25, 0.3) is 0 Å². The molecule has 0 aromatic heterocycles. The van der Waals surface area contributed by atoms with Crippen LogP contribution in [0.1, 0.15) is 77.0 Å². The Morgan fingerprint density at radius 2 is 2.09 bits per heavy atom. The molecule has 2 rings (SSSR count). The van der Waals surface area contributed by atoms with Gasteiger partial charge in [-0.1, -0.05) is 66.3 Å². The fourth-order valence-electron chi connectivity index (χ4n) is 4.48. The zero-order valence-corrected chi connectivity index (χ0v) is 15.7. The Hall–Kier alpha value is -1.28. The molecule has 2 heteroatoms. The molecule has 2 nitrogen and oxygen atoms in total. The Morgan fingerprint density at radius 3 is 2.61 bits per heavy atom. The molecule has 2 N–H and O–H groups in total. The van der Waals surface area contributed by atoms with Gasteiger partial charge in [0.2, 0.25) is 0 Å². The molecular weight excluding hydrogens is 282 g/mol. The van der Waals surface area contributed by atoms with Crippen molar-refractivity contribution < 1.29 is 4.84 Å². The van der Waals surface area contributed by atoms with E-state index in [9.17, 15) is 0 Å². The third-order valence-corrected chi connectivity index (χ3v) is 6.35. The summed E-state index contributed by atoms with van der Waals surface area (Å²) in [4.78, 5) is 5.05. The predicted molar refractivity (Wildman–Crippen MR) is 98.2 cm³/mol. The van der Waals surface area contributed by atoms with E-state index in [1.54, 1.807) is 0 Å². The molecule has 2 atom stereocenters. The van der Waals surface area contributed by atoms with Crippen LogP contribution in [-0.2, 0) is 16.7 Å². The molecule has 0 heterocycles. The highest BCUT2D eigenvalue weighted by molar-refractivity contribution is 5.42. The first kappa shape index (κ1) is 18.1. The molecule has 23 heavy (non-hydrogen) atoms. The number of aryl methyl sites for hydroxylation is 1. The number of nitrogens with two attached hydrogens (primary N) is 1. The molecule has 2 unspecified atom stereocenters. The maximum absolute atomic E-state index is 5.44. The maximum Gasteiger partial charge on any atom is 0.122 e. The van der Waals surface area contributed by atoms with Gasteiger partial charge in [0.05, 0.1) is 0 Å². The van der Waals surface area contributed by atoms with Gasteiger partial charge in [-0.05, 0) is 53.2 Å². The minimum atomic E-state index is -0.145. The van der Waals surface area contributed by atoms with Gasteiger partial charge in [0.1, 0.15) is 5.76 Å².